The molecule has 2 saturated heterocycles. The summed E-state index contributed by atoms with van der Waals surface area (Å²) in [5.74, 6) is -2.11. The minimum Gasteiger partial charge on any atom is -0.477 e. The molecule has 2 aromatic heterocycles. The summed E-state index contributed by atoms with van der Waals surface area (Å²) in [6.07, 6.45) is 4.86. The van der Waals surface area contributed by atoms with Gasteiger partial charge in [-0.2, -0.15) is 0 Å². The number of rotatable bonds is 4. The van der Waals surface area contributed by atoms with Crippen molar-refractivity contribution >= 4 is 29.6 Å². The van der Waals surface area contributed by atoms with E-state index < -0.39 is 23.1 Å². The van der Waals surface area contributed by atoms with E-state index >= 15 is 4.39 Å². The Kier molecular flexibility index (Phi) is 5.52. The van der Waals surface area contributed by atoms with E-state index in [0.717, 1.165) is 37.4 Å². The maximum absolute atomic E-state index is 15.3. The van der Waals surface area contributed by atoms with E-state index in [4.69, 9.17) is 9.47 Å². The fraction of sp³-hybridized carbons (Fsp3) is 0.545. The van der Waals surface area contributed by atoms with E-state index in [1.54, 1.807) is 0 Å². The largest absolute Gasteiger partial charge is 0.477 e. The molecule has 3 aliphatic rings. The lowest BCUT2D eigenvalue weighted by atomic mass is 9.89. The molecule has 0 amide bonds. The van der Waals surface area contributed by atoms with Crippen molar-refractivity contribution in [3.8, 4) is 0 Å². The number of anilines is 1. The molecule has 0 bridgehead atoms. The zero-order chi connectivity index (χ0) is 21.2. The molecule has 3 fully saturated rings. The zero-order valence-corrected chi connectivity index (χ0v) is 18.3. The van der Waals surface area contributed by atoms with Gasteiger partial charge in [0.15, 0.2) is 18.4 Å². The van der Waals surface area contributed by atoms with Gasteiger partial charge in [-0.15, -0.1) is 12.4 Å². The van der Waals surface area contributed by atoms with Gasteiger partial charge in [0.25, 0.3) is 5.56 Å². The number of aryl methyl sites for hydroxylation is 1. The van der Waals surface area contributed by atoms with Crippen LogP contribution in [0.4, 0.5) is 10.1 Å². The number of halogens is 2. The summed E-state index contributed by atoms with van der Waals surface area (Å²) >= 11 is 0. The summed E-state index contributed by atoms with van der Waals surface area (Å²) in [5.41, 5.74) is 1.59. The molecule has 168 valence electrons. The van der Waals surface area contributed by atoms with Crippen molar-refractivity contribution in [2.45, 2.75) is 51.2 Å². The number of hydrogen-bond acceptors (Lipinski definition) is 5. The Morgan fingerprint density at radius 3 is 2.58 bits per heavy atom. The Labute approximate surface area is 185 Å². The molecule has 2 aliphatic heterocycles. The second-order valence-corrected chi connectivity index (χ2v) is 8.77. The number of carbonyl (C=O) groups is 1. The van der Waals surface area contributed by atoms with Crippen LogP contribution in [0.25, 0.3) is 5.52 Å². The molecule has 1 aliphatic carbocycles. The third-order valence-corrected chi connectivity index (χ3v) is 6.86. The van der Waals surface area contributed by atoms with Crippen LogP contribution < -0.4 is 10.5 Å². The molecule has 9 heteroatoms. The van der Waals surface area contributed by atoms with Crippen LogP contribution in [0.1, 0.15) is 60.0 Å². The summed E-state index contributed by atoms with van der Waals surface area (Å²) in [7, 11) is 0. The number of carboxylic acid groups (broad SMARTS) is 1. The normalized spacial score (nSPS) is 22.7. The highest BCUT2D eigenvalue weighted by atomic mass is 35.5. The highest BCUT2D eigenvalue weighted by molar-refractivity contribution is 5.89. The van der Waals surface area contributed by atoms with Gasteiger partial charge in [0.2, 0.25) is 0 Å². The van der Waals surface area contributed by atoms with E-state index in [9.17, 15) is 14.7 Å². The van der Waals surface area contributed by atoms with Crippen LogP contribution in [-0.4, -0.2) is 41.1 Å². The molecule has 1 unspecified atom stereocenters. The summed E-state index contributed by atoms with van der Waals surface area (Å²) in [6.45, 7) is 5.33. The van der Waals surface area contributed by atoms with Gasteiger partial charge in [0.05, 0.1) is 17.4 Å². The number of pyridine rings is 2. The van der Waals surface area contributed by atoms with Crippen molar-refractivity contribution < 1.29 is 23.8 Å². The van der Waals surface area contributed by atoms with Gasteiger partial charge >= 0.3 is 5.97 Å². The van der Waals surface area contributed by atoms with Gasteiger partial charge in [-0.25, -0.2) is 9.18 Å². The maximum Gasteiger partial charge on any atom is 0.341 e. The number of aromatic nitrogens is 1. The first-order chi connectivity index (χ1) is 14.3. The maximum atomic E-state index is 15.3. The number of hydrogen-bond donors (Lipinski definition) is 1. The molecule has 0 spiro atoms. The Morgan fingerprint density at radius 2 is 2.00 bits per heavy atom. The monoisotopic (exact) mass is 452 g/mol. The molecule has 7 nitrogen and oxygen atoms in total. The predicted octanol–water partition coefficient (Wildman–Crippen LogP) is 3.68. The highest BCUT2D eigenvalue weighted by Gasteiger charge is 2.45. The highest BCUT2D eigenvalue weighted by Crippen LogP contribution is 2.44. The average Bonchev–Trinajstić information content (AvgIpc) is 3.52. The molecule has 1 saturated carbocycles. The molecular formula is C22H26ClFN2O5. The van der Waals surface area contributed by atoms with Crippen LogP contribution in [0.5, 0.6) is 0 Å². The SMILES string of the molecule is Cc1c(N2CCCC(C3(C)OCO3)C2)c(F)cn2c(=O)c(C(=O)O)cc(C3CC3)c12.Cl. The minimum absolute atomic E-state index is 0. The first-order valence-electron chi connectivity index (χ1n) is 10.4. The number of ether oxygens (including phenoxy) is 2. The molecule has 1 N–H and O–H groups in total. The summed E-state index contributed by atoms with van der Waals surface area (Å²) in [5, 5.41) is 9.44. The minimum atomic E-state index is -1.29. The van der Waals surface area contributed by atoms with Gasteiger partial charge in [-0.1, -0.05) is 0 Å². The van der Waals surface area contributed by atoms with Crippen LogP contribution in [-0.2, 0) is 9.47 Å². The van der Waals surface area contributed by atoms with Gasteiger partial charge in [0, 0.05) is 19.0 Å². The lowest BCUT2D eigenvalue weighted by Gasteiger charge is -2.48. The second-order valence-electron chi connectivity index (χ2n) is 8.77. The molecule has 4 heterocycles. The first-order valence-corrected chi connectivity index (χ1v) is 10.4. The summed E-state index contributed by atoms with van der Waals surface area (Å²) in [4.78, 5) is 26.3. The Balaban J connectivity index is 0.00000231. The molecule has 31 heavy (non-hydrogen) atoms. The molecular weight excluding hydrogens is 427 g/mol. The predicted molar refractivity (Wildman–Crippen MR) is 115 cm³/mol. The fourth-order valence-electron chi connectivity index (χ4n) is 4.98. The summed E-state index contributed by atoms with van der Waals surface area (Å²) in [6, 6.07) is 1.49. The molecule has 5 rings (SSSR count). The topological polar surface area (TPSA) is 80.5 Å². The second kappa shape index (κ2) is 7.76. The van der Waals surface area contributed by atoms with E-state index in [-0.39, 0.29) is 36.6 Å². The van der Waals surface area contributed by atoms with E-state index in [0.29, 0.717) is 29.9 Å². The first kappa shape index (κ1) is 22.0. The standard InChI is InChI=1S/C22H25FN2O5.ClH/c1-12-18-15(13-5-6-13)8-16(21(27)28)20(26)25(18)10-17(23)19(12)24-7-3-4-14(9-24)22(2)29-11-30-22;/h8,10,13-14H,3-7,9,11H2,1-2H3,(H,27,28);1H. The van der Waals surface area contributed by atoms with Crippen LogP contribution in [0.15, 0.2) is 17.1 Å². The van der Waals surface area contributed by atoms with E-state index in [1.165, 1.54) is 10.5 Å². The quantitative estimate of drug-likeness (QED) is 0.762. The van der Waals surface area contributed by atoms with Crippen LogP contribution in [0, 0.1) is 18.7 Å². The van der Waals surface area contributed by atoms with Crippen molar-refractivity contribution in [1.82, 2.24) is 4.40 Å². The number of nitrogens with zero attached hydrogens (tertiary/aromatic N) is 2. The number of piperidine rings is 1. The summed E-state index contributed by atoms with van der Waals surface area (Å²) < 4.78 is 27.8. The average molecular weight is 453 g/mol. The van der Waals surface area contributed by atoms with E-state index in [2.05, 4.69) is 0 Å². The van der Waals surface area contributed by atoms with Gasteiger partial charge in [-0.3, -0.25) is 9.20 Å². The van der Waals surface area contributed by atoms with Crippen molar-refractivity contribution in [1.29, 1.82) is 0 Å². The van der Waals surface area contributed by atoms with E-state index in [1.807, 2.05) is 18.7 Å². The molecule has 1 atom stereocenters. The zero-order valence-electron chi connectivity index (χ0n) is 17.5. The molecule has 0 aromatic carbocycles. The third-order valence-electron chi connectivity index (χ3n) is 6.86. The number of carboxylic acids is 1. The third kappa shape index (κ3) is 3.50. The van der Waals surface area contributed by atoms with Crippen LogP contribution in [0.3, 0.4) is 0 Å². The van der Waals surface area contributed by atoms with Crippen molar-refractivity contribution in [2.75, 3.05) is 24.8 Å². The number of aromatic carboxylic acids is 1. The Hall–Kier alpha value is -2.16. The van der Waals surface area contributed by atoms with Crippen molar-refractivity contribution in [2.24, 2.45) is 5.92 Å². The van der Waals surface area contributed by atoms with Crippen LogP contribution >= 0.6 is 12.4 Å². The fourth-order valence-corrected chi connectivity index (χ4v) is 4.98. The Bertz CT molecular complexity index is 1110. The molecule has 0 radical (unpaired) electrons. The smallest absolute Gasteiger partial charge is 0.341 e. The van der Waals surface area contributed by atoms with Crippen molar-refractivity contribution in [3.05, 3.63) is 45.1 Å². The molecule has 2 aromatic rings. The van der Waals surface area contributed by atoms with Crippen molar-refractivity contribution in [3.63, 3.8) is 0 Å². The number of fused-ring (bicyclic) bond motifs is 1. The van der Waals surface area contributed by atoms with Gasteiger partial charge in [-0.05, 0) is 62.6 Å². The van der Waals surface area contributed by atoms with Gasteiger partial charge < -0.3 is 19.5 Å². The van der Waals surface area contributed by atoms with Crippen LogP contribution in [0.2, 0.25) is 0 Å². The van der Waals surface area contributed by atoms with Gasteiger partial charge in [0.1, 0.15) is 5.56 Å². The Morgan fingerprint density at radius 1 is 1.29 bits per heavy atom. The lowest BCUT2D eigenvalue weighted by molar-refractivity contribution is -0.409. The lowest BCUT2D eigenvalue weighted by Crippen LogP contribution is -2.55.